The predicted molar refractivity (Wildman–Crippen MR) is 110 cm³/mol. The zero-order chi connectivity index (χ0) is 21.7. The molecule has 1 heterocycles. The molecule has 0 saturated carbocycles. The Bertz CT molecular complexity index is 887. The first-order chi connectivity index (χ1) is 14.4. The molecule has 0 spiro atoms. The molecule has 7 nitrogen and oxygen atoms in total. The number of ether oxygens (including phenoxy) is 4. The fourth-order valence-corrected chi connectivity index (χ4v) is 3.85. The van der Waals surface area contributed by atoms with Gasteiger partial charge >= 0.3 is 17.9 Å². The van der Waals surface area contributed by atoms with Crippen molar-refractivity contribution < 1.29 is 33.3 Å². The van der Waals surface area contributed by atoms with Crippen LogP contribution in [0.4, 0.5) is 0 Å². The van der Waals surface area contributed by atoms with Crippen LogP contribution in [0.15, 0.2) is 60.7 Å². The molecule has 0 bridgehead atoms. The number of hydrogen-bond acceptors (Lipinski definition) is 7. The first kappa shape index (κ1) is 22.0. The second kappa shape index (κ2) is 9.86. The SMILES string of the molecule is CC(=O)O[C@H]1[C@H](OC(=O)c2ccccc2)[C@@H](OC(=O)c2ccccc2)[C@H](C)O[C@H]1Br. The Morgan fingerprint density at radius 2 is 1.23 bits per heavy atom. The summed E-state index contributed by atoms with van der Waals surface area (Å²) in [7, 11) is 0. The van der Waals surface area contributed by atoms with Gasteiger partial charge in [0, 0.05) is 6.92 Å². The summed E-state index contributed by atoms with van der Waals surface area (Å²) < 4.78 is 22.4. The van der Waals surface area contributed by atoms with E-state index in [1.54, 1.807) is 67.6 Å². The lowest BCUT2D eigenvalue weighted by Crippen LogP contribution is -2.59. The van der Waals surface area contributed by atoms with Crippen LogP contribution in [0, 0.1) is 0 Å². The van der Waals surface area contributed by atoms with Gasteiger partial charge in [-0.1, -0.05) is 52.3 Å². The Kier molecular flexibility index (Phi) is 7.23. The number of esters is 3. The minimum Gasteiger partial charge on any atom is -0.455 e. The molecule has 0 radical (unpaired) electrons. The van der Waals surface area contributed by atoms with Crippen molar-refractivity contribution in [3.63, 3.8) is 0 Å². The van der Waals surface area contributed by atoms with Gasteiger partial charge in [-0.05, 0) is 31.2 Å². The molecule has 2 aromatic rings. The average molecular weight is 477 g/mol. The third-order valence-electron chi connectivity index (χ3n) is 4.52. The fourth-order valence-electron chi connectivity index (χ4n) is 3.10. The summed E-state index contributed by atoms with van der Waals surface area (Å²) in [6.07, 6.45) is -3.73. The smallest absolute Gasteiger partial charge is 0.338 e. The predicted octanol–water partition coefficient (Wildman–Crippen LogP) is 3.51. The fraction of sp³-hybridized carbons (Fsp3) is 0.318. The molecular formula is C22H21BrO7. The van der Waals surface area contributed by atoms with Crippen LogP contribution in [-0.2, 0) is 23.7 Å². The van der Waals surface area contributed by atoms with Gasteiger partial charge < -0.3 is 18.9 Å². The molecule has 1 fully saturated rings. The topological polar surface area (TPSA) is 88.1 Å². The summed E-state index contributed by atoms with van der Waals surface area (Å²) >= 11 is 3.32. The lowest BCUT2D eigenvalue weighted by molar-refractivity contribution is -0.208. The van der Waals surface area contributed by atoms with Crippen molar-refractivity contribution in [1.29, 1.82) is 0 Å². The number of halogens is 1. The van der Waals surface area contributed by atoms with Gasteiger partial charge in [0.2, 0.25) is 0 Å². The highest BCUT2D eigenvalue weighted by atomic mass is 79.9. The summed E-state index contributed by atoms with van der Waals surface area (Å²) in [5, 5.41) is -0.753. The maximum atomic E-state index is 12.7. The van der Waals surface area contributed by atoms with Gasteiger partial charge in [-0.25, -0.2) is 9.59 Å². The molecule has 0 aromatic heterocycles. The highest BCUT2D eigenvalue weighted by Crippen LogP contribution is 2.32. The third kappa shape index (κ3) is 5.25. The Balaban J connectivity index is 1.88. The number of carbonyl (C=O) groups excluding carboxylic acids is 3. The molecule has 0 amide bonds. The maximum Gasteiger partial charge on any atom is 0.338 e. The number of benzene rings is 2. The molecule has 158 valence electrons. The summed E-state index contributed by atoms with van der Waals surface area (Å²) in [6.45, 7) is 2.92. The van der Waals surface area contributed by atoms with Crippen LogP contribution in [-0.4, -0.2) is 47.3 Å². The van der Waals surface area contributed by atoms with E-state index in [9.17, 15) is 14.4 Å². The van der Waals surface area contributed by atoms with Crippen LogP contribution < -0.4 is 0 Å². The van der Waals surface area contributed by atoms with Crippen molar-refractivity contribution in [2.75, 3.05) is 0 Å². The van der Waals surface area contributed by atoms with Crippen molar-refractivity contribution in [3.05, 3.63) is 71.8 Å². The molecule has 0 N–H and O–H groups in total. The van der Waals surface area contributed by atoms with Gasteiger partial charge in [0.25, 0.3) is 0 Å². The van der Waals surface area contributed by atoms with Crippen LogP contribution in [0.25, 0.3) is 0 Å². The number of hydrogen-bond donors (Lipinski definition) is 0. The largest absolute Gasteiger partial charge is 0.455 e. The summed E-state index contributed by atoms with van der Waals surface area (Å²) in [6, 6.07) is 16.8. The third-order valence-corrected chi connectivity index (χ3v) is 5.26. The summed E-state index contributed by atoms with van der Waals surface area (Å²) in [5.41, 5.74) is 0.653. The molecule has 5 atom stereocenters. The van der Waals surface area contributed by atoms with Crippen molar-refractivity contribution in [2.45, 2.75) is 43.3 Å². The van der Waals surface area contributed by atoms with Crippen LogP contribution in [0.2, 0.25) is 0 Å². The molecular weight excluding hydrogens is 456 g/mol. The highest BCUT2D eigenvalue weighted by Gasteiger charge is 2.50. The zero-order valence-corrected chi connectivity index (χ0v) is 18.0. The van der Waals surface area contributed by atoms with E-state index < -0.39 is 47.3 Å². The minimum absolute atomic E-state index is 0.317. The number of alkyl halides is 1. The standard InChI is InChI=1S/C22H21BrO7/c1-13-17(29-21(25)15-9-5-3-6-10-15)18(19(20(23)27-13)28-14(2)24)30-22(26)16-11-7-4-8-12-16/h3-13,17-20H,1-2H3/t13-,17-,18+,19-,20+/m0/s1. The van der Waals surface area contributed by atoms with Gasteiger partial charge in [-0.2, -0.15) is 0 Å². The van der Waals surface area contributed by atoms with E-state index in [2.05, 4.69) is 15.9 Å². The van der Waals surface area contributed by atoms with Crippen LogP contribution >= 0.6 is 15.9 Å². The van der Waals surface area contributed by atoms with Crippen LogP contribution in [0.1, 0.15) is 34.6 Å². The van der Waals surface area contributed by atoms with Gasteiger partial charge in [0.15, 0.2) is 23.3 Å². The number of carbonyl (C=O) groups is 3. The van der Waals surface area contributed by atoms with Crippen LogP contribution in [0.3, 0.4) is 0 Å². The molecule has 0 aliphatic carbocycles. The van der Waals surface area contributed by atoms with E-state index >= 15 is 0 Å². The quantitative estimate of drug-likeness (QED) is 0.370. The Morgan fingerprint density at radius 1 is 0.767 bits per heavy atom. The summed E-state index contributed by atoms with van der Waals surface area (Å²) in [5.74, 6) is -1.82. The van der Waals surface area contributed by atoms with Gasteiger partial charge in [0.05, 0.1) is 17.2 Å². The Morgan fingerprint density at radius 3 is 1.70 bits per heavy atom. The zero-order valence-electron chi connectivity index (χ0n) is 16.4. The Hall–Kier alpha value is -2.71. The first-order valence-corrected chi connectivity index (χ1v) is 10.3. The highest BCUT2D eigenvalue weighted by molar-refractivity contribution is 9.09. The van der Waals surface area contributed by atoms with Crippen molar-refractivity contribution in [1.82, 2.24) is 0 Å². The van der Waals surface area contributed by atoms with Crippen molar-refractivity contribution in [2.24, 2.45) is 0 Å². The first-order valence-electron chi connectivity index (χ1n) is 9.35. The van der Waals surface area contributed by atoms with E-state index in [0.29, 0.717) is 11.1 Å². The van der Waals surface area contributed by atoms with E-state index in [4.69, 9.17) is 18.9 Å². The number of rotatable bonds is 5. The monoisotopic (exact) mass is 476 g/mol. The average Bonchev–Trinajstić information content (AvgIpc) is 2.74. The minimum atomic E-state index is -1.08. The normalized spacial score (nSPS) is 25.8. The van der Waals surface area contributed by atoms with E-state index in [-0.39, 0.29) is 0 Å². The Labute approximate surface area is 182 Å². The van der Waals surface area contributed by atoms with Crippen molar-refractivity contribution in [3.8, 4) is 0 Å². The molecule has 3 rings (SSSR count). The van der Waals surface area contributed by atoms with Crippen LogP contribution in [0.5, 0.6) is 0 Å². The summed E-state index contributed by atoms with van der Waals surface area (Å²) in [4.78, 5) is 37.0. The van der Waals surface area contributed by atoms with Gasteiger partial charge in [-0.15, -0.1) is 0 Å². The van der Waals surface area contributed by atoms with E-state index in [1.807, 2.05) is 0 Å². The molecule has 8 heteroatoms. The van der Waals surface area contributed by atoms with E-state index in [0.717, 1.165) is 0 Å². The maximum absolute atomic E-state index is 12.7. The molecule has 1 aliphatic heterocycles. The lowest BCUT2D eigenvalue weighted by Gasteiger charge is -2.42. The van der Waals surface area contributed by atoms with Crippen molar-refractivity contribution >= 4 is 33.8 Å². The van der Waals surface area contributed by atoms with E-state index in [1.165, 1.54) is 6.92 Å². The van der Waals surface area contributed by atoms with Gasteiger partial charge in [-0.3, -0.25) is 4.79 Å². The molecule has 2 aromatic carbocycles. The second-order valence-electron chi connectivity index (χ2n) is 6.74. The molecule has 30 heavy (non-hydrogen) atoms. The second-order valence-corrected chi connectivity index (χ2v) is 7.64. The molecule has 1 saturated heterocycles. The van der Waals surface area contributed by atoms with Gasteiger partial charge in [0.1, 0.15) is 0 Å². The molecule has 0 unspecified atom stereocenters. The molecule has 1 aliphatic rings. The lowest BCUT2D eigenvalue weighted by atomic mass is 10.00.